The number of hydrogen-bond acceptors (Lipinski definition) is 5. The third-order valence-electron chi connectivity index (χ3n) is 6.98. The van der Waals surface area contributed by atoms with E-state index in [0.717, 1.165) is 16.7 Å². The number of carbonyl (C=O) groups excluding carboxylic acids is 2. The molecule has 0 saturated heterocycles. The number of aromatic amines is 1. The number of carbonyl (C=O) groups is 2. The van der Waals surface area contributed by atoms with Crippen molar-refractivity contribution in [1.82, 2.24) is 20.3 Å². The van der Waals surface area contributed by atoms with Gasteiger partial charge in [-0.2, -0.15) is 0 Å². The summed E-state index contributed by atoms with van der Waals surface area (Å²) in [6, 6.07) is 17.2. The minimum atomic E-state index is -1.05. The van der Waals surface area contributed by atoms with Gasteiger partial charge in [0.1, 0.15) is 11.7 Å². The average molecular weight is 510 g/mol. The Morgan fingerprint density at radius 1 is 1.08 bits per heavy atom. The van der Waals surface area contributed by atoms with Gasteiger partial charge >= 0.3 is 0 Å². The molecular weight excluding hydrogens is 478 g/mol. The second kappa shape index (κ2) is 10.2. The number of rotatable bonds is 6. The van der Waals surface area contributed by atoms with Crippen molar-refractivity contribution in [2.45, 2.75) is 50.8 Å². The number of pyridine rings is 1. The van der Waals surface area contributed by atoms with Gasteiger partial charge in [-0.05, 0) is 46.7 Å². The van der Waals surface area contributed by atoms with Crippen LogP contribution in [0, 0.1) is 0 Å². The molecule has 8 nitrogen and oxygen atoms in total. The molecule has 2 amide bonds. The van der Waals surface area contributed by atoms with Crippen molar-refractivity contribution in [3.05, 3.63) is 114 Å². The second-order valence-corrected chi connectivity index (χ2v) is 10.6. The zero-order chi connectivity index (χ0) is 26.9. The number of anilines is 1. The molecule has 0 fully saturated rings. The molecule has 1 aliphatic rings. The first kappa shape index (κ1) is 25.4. The fourth-order valence-electron chi connectivity index (χ4n) is 4.93. The van der Waals surface area contributed by atoms with E-state index in [2.05, 4.69) is 41.0 Å². The van der Waals surface area contributed by atoms with E-state index >= 15 is 0 Å². The number of amides is 2. The normalized spacial score (nSPS) is 17.5. The van der Waals surface area contributed by atoms with Gasteiger partial charge in [0.05, 0.1) is 18.5 Å². The van der Waals surface area contributed by atoms with Crippen LogP contribution in [0.3, 0.4) is 0 Å². The third-order valence-corrected chi connectivity index (χ3v) is 6.98. The first-order valence-corrected chi connectivity index (χ1v) is 12.6. The van der Waals surface area contributed by atoms with Crippen LogP contribution >= 0.6 is 0 Å². The number of nitrogens with one attached hydrogen (secondary N) is 2. The van der Waals surface area contributed by atoms with Crippen LogP contribution < -0.4 is 10.2 Å². The number of aliphatic hydroxyl groups is 1. The molecular formula is C30H31N5O3. The number of imidazole rings is 1. The monoisotopic (exact) mass is 509 g/mol. The molecule has 0 spiro atoms. The molecule has 0 saturated carbocycles. The fourth-order valence-corrected chi connectivity index (χ4v) is 4.93. The van der Waals surface area contributed by atoms with E-state index in [1.165, 1.54) is 17.4 Å². The summed E-state index contributed by atoms with van der Waals surface area (Å²) in [6.45, 7) is 6.35. The molecule has 3 N–H and O–H groups in total. The Kier molecular flexibility index (Phi) is 6.82. The van der Waals surface area contributed by atoms with E-state index in [-0.39, 0.29) is 11.1 Å². The molecule has 5 rings (SSSR count). The summed E-state index contributed by atoms with van der Waals surface area (Å²) in [7, 11) is 0. The predicted octanol–water partition coefficient (Wildman–Crippen LogP) is 4.26. The molecule has 0 bridgehead atoms. The zero-order valence-corrected chi connectivity index (χ0v) is 21.6. The van der Waals surface area contributed by atoms with Crippen molar-refractivity contribution in [3.63, 3.8) is 0 Å². The Hall–Kier alpha value is -4.30. The van der Waals surface area contributed by atoms with Gasteiger partial charge in [-0.1, -0.05) is 63.2 Å². The Bertz CT molecular complexity index is 1410. The number of hydrogen-bond donors (Lipinski definition) is 3. The Morgan fingerprint density at radius 2 is 1.84 bits per heavy atom. The molecule has 0 radical (unpaired) electrons. The lowest BCUT2D eigenvalue weighted by molar-refractivity contribution is -0.124. The molecule has 2 heterocycles. The van der Waals surface area contributed by atoms with Crippen molar-refractivity contribution < 1.29 is 14.7 Å². The first-order chi connectivity index (χ1) is 18.2. The van der Waals surface area contributed by atoms with E-state index < -0.39 is 30.0 Å². The fraction of sp³-hybridized carbons (Fsp3) is 0.267. The lowest BCUT2D eigenvalue weighted by atomic mass is 9.87. The van der Waals surface area contributed by atoms with Crippen molar-refractivity contribution in [2.75, 3.05) is 4.90 Å². The SMILES string of the molecule is CC(C)(C)c1ccc(N(C(=O)c2c[nH]cn2)C(C(=O)N[C@@H]2Cc3ccccc3[C@@H]2O)c2cccnc2)cc1. The van der Waals surface area contributed by atoms with Gasteiger partial charge in [0.15, 0.2) is 0 Å². The van der Waals surface area contributed by atoms with E-state index in [1.807, 2.05) is 48.5 Å². The van der Waals surface area contributed by atoms with Crippen molar-refractivity contribution in [2.24, 2.45) is 0 Å². The largest absolute Gasteiger partial charge is 0.386 e. The summed E-state index contributed by atoms with van der Waals surface area (Å²) >= 11 is 0. The Morgan fingerprint density at radius 3 is 2.47 bits per heavy atom. The van der Waals surface area contributed by atoms with Gasteiger partial charge in [0.25, 0.3) is 5.91 Å². The van der Waals surface area contributed by atoms with Crippen LogP contribution in [0.5, 0.6) is 0 Å². The number of fused-ring (bicyclic) bond motifs is 1. The van der Waals surface area contributed by atoms with Crippen molar-refractivity contribution >= 4 is 17.5 Å². The van der Waals surface area contributed by atoms with Crippen LogP contribution in [-0.4, -0.2) is 37.9 Å². The van der Waals surface area contributed by atoms with Crippen molar-refractivity contribution in [3.8, 4) is 0 Å². The van der Waals surface area contributed by atoms with Gasteiger partial charge in [-0.25, -0.2) is 4.98 Å². The molecule has 2 aromatic heterocycles. The number of H-pyrrole nitrogens is 1. The number of aromatic nitrogens is 3. The number of aliphatic hydroxyl groups excluding tert-OH is 1. The summed E-state index contributed by atoms with van der Waals surface area (Å²) in [5.41, 5.74) is 4.08. The summed E-state index contributed by atoms with van der Waals surface area (Å²) in [5, 5.41) is 14.0. The maximum absolute atomic E-state index is 14.0. The topological polar surface area (TPSA) is 111 Å². The van der Waals surface area contributed by atoms with Crippen LogP contribution in [0.1, 0.15) is 65.7 Å². The van der Waals surface area contributed by atoms with Crippen LogP contribution in [0.4, 0.5) is 5.69 Å². The standard InChI is InChI=1S/C30H31N5O3/c1-30(2,3)21-10-12-22(13-11-21)35(29(38)25-17-32-18-33-25)26(20-8-6-14-31-16-20)28(37)34-24-15-19-7-4-5-9-23(19)27(24)36/h4-14,16-18,24,26-27,36H,15H2,1-3H3,(H,32,33)(H,34,37)/t24-,26?,27+/m1/s1. The lowest BCUT2D eigenvalue weighted by Gasteiger charge is -2.32. The molecule has 8 heteroatoms. The maximum Gasteiger partial charge on any atom is 0.279 e. The van der Waals surface area contributed by atoms with Crippen LogP contribution in [0.25, 0.3) is 0 Å². The Labute approximate surface area is 221 Å². The summed E-state index contributed by atoms with van der Waals surface area (Å²) in [5.74, 6) is -0.854. The Balaban J connectivity index is 1.55. The average Bonchev–Trinajstić information content (AvgIpc) is 3.56. The zero-order valence-electron chi connectivity index (χ0n) is 21.6. The van der Waals surface area contributed by atoms with Gasteiger partial charge < -0.3 is 15.4 Å². The molecule has 194 valence electrons. The minimum absolute atomic E-state index is 0.0801. The van der Waals surface area contributed by atoms with Gasteiger partial charge in [0.2, 0.25) is 5.91 Å². The van der Waals surface area contributed by atoms with Crippen molar-refractivity contribution in [1.29, 1.82) is 0 Å². The van der Waals surface area contributed by atoms with Crippen LogP contribution in [0.2, 0.25) is 0 Å². The number of nitrogens with zero attached hydrogens (tertiary/aromatic N) is 3. The summed E-state index contributed by atoms with van der Waals surface area (Å²) < 4.78 is 0. The van der Waals surface area contributed by atoms with Crippen LogP contribution in [0.15, 0.2) is 85.6 Å². The van der Waals surface area contributed by atoms with E-state index in [4.69, 9.17) is 0 Å². The predicted molar refractivity (Wildman–Crippen MR) is 145 cm³/mol. The molecule has 38 heavy (non-hydrogen) atoms. The second-order valence-electron chi connectivity index (χ2n) is 10.6. The maximum atomic E-state index is 14.0. The highest BCUT2D eigenvalue weighted by molar-refractivity contribution is 6.09. The first-order valence-electron chi connectivity index (χ1n) is 12.6. The molecule has 4 aromatic rings. The summed E-state index contributed by atoms with van der Waals surface area (Å²) in [4.78, 5) is 40.6. The quantitative estimate of drug-likeness (QED) is 0.360. The molecule has 1 unspecified atom stereocenters. The molecule has 1 aliphatic carbocycles. The number of benzene rings is 2. The molecule has 0 aliphatic heterocycles. The highest BCUT2D eigenvalue weighted by Crippen LogP contribution is 2.34. The molecule has 2 aromatic carbocycles. The summed E-state index contributed by atoms with van der Waals surface area (Å²) in [6.07, 6.45) is 5.79. The van der Waals surface area contributed by atoms with Crippen LogP contribution in [-0.2, 0) is 16.6 Å². The van der Waals surface area contributed by atoms with E-state index in [9.17, 15) is 14.7 Å². The van der Waals surface area contributed by atoms with E-state index in [1.54, 1.807) is 24.5 Å². The lowest BCUT2D eigenvalue weighted by Crippen LogP contribution is -2.48. The molecule has 3 atom stereocenters. The van der Waals surface area contributed by atoms with Gasteiger partial charge in [-0.15, -0.1) is 0 Å². The smallest absolute Gasteiger partial charge is 0.279 e. The van der Waals surface area contributed by atoms with Gasteiger partial charge in [-0.3, -0.25) is 19.5 Å². The minimum Gasteiger partial charge on any atom is -0.386 e. The van der Waals surface area contributed by atoms with Gasteiger partial charge in [0, 0.05) is 29.8 Å². The third kappa shape index (κ3) is 4.95. The highest BCUT2D eigenvalue weighted by atomic mass is 16.3. The highest BCUT2D eigenvalue weighted by Gasteiger charge is 2.38. The van der Waals surface area contributed by atoms with E-state index in [0.29, 0.717) is 17.7 Å².